The minimum atomic E-state index is -0.504. The number of carbonyl (C=O) groups is 2. The highest BCUT2D eigenvalue weighted by atomic mass is 16.2. The highest BCUT2D eigenvalue weighted by Crippen LogP contribution is 2.20. The van der Waals surface area contributed by atoms with Gasteiger partial charge < -0.3 is 15.5 Å². The quantitative estimate of drug-likeness (QED) is 0.800. The Bertz CT molecular complexity index is 551. The van der Waals surface area contributed by atoms with Crippen LogP contribution in [0, 0.1) is 5.92 Å². The van der Waals surface area contributed by atoms with E-state index in [9.17, 15) is 9.59 Å². The number of rotatable bonds is 4. The molecule has 2 amide bonds. The molecule has 24 heavy (non-hydrogen) atoms. The lowest BCUT2D eigenvalue weighted by molar-refractivity contribution is -0.139. The minimum absolute atomic E-state index is 0.178. The number of aromatic nitrogens is 2. The molecule has 1 aromatic rings. The number of hydrogen-bond donors (Lipinski definition) is 2. The van der Waals surface area contributed by atoms with Gasteiger partial charge >= 0.3 is 11.8 Å². The first-order valence-electron chi connectivity index (χ1n) is 8.83. The fraction of sp³-hybridized carbons (Fsp3) is 0.647. The van der Waals surface area contributed by atoms with E-state index in [-0.39, 0.29) is 6.04 Å². The van der Waals surface area contributed by atoms with Crippen LogP contribution < -0.4 is 15.5 Å². The molecule has 2 aliphatic rings. The first kappa shape index (κ1) is 16.7. The Morgan fingerprint density at radius 3 is 2.38 bits per heavy atom. The van der Waals surface area contributed by atoms with E-state index < -0.39 is 11.8 Å². The Kier molecular flexibility index (Phi) is 5.61. The summed E-state index contributed by atoms with van der Waals surface area (Å²) in [6.07, 6.45) is 9.66. The molecule has 7 heteroatoms. The molecule has 1 aliphatic carbocycles. The van der Waals surface area contributed by atoms with Gasteiger partial charge in [0, 0.05) is 38.1 Å². The van der Waals surface area contributed by atoms with Crippen molar-refractivity contribution in [3.05, 3.63) is 18.5 Å². The Balaban J connectivity index is 1.37. The molecule has 0 spiro atoms. The van der Waals surface area contributed by atoms with Crippen molar-refractivity contribution in [1.82, 2.24) is 20.6 Å². The molecule has 2 N–H and O–H groups in total. The third kappa shape index (κ3) is 4.43. The van der Waals surface area contributed by atoms with Crippen LogP contribution >= 0.6 is 0 Å². The summed E-state index contributed by atoms with van der Waals surface area (Å²) in [7, 11) is 0. The molecule has 7 nitrogen and oxygen atoms in total. The molecule has 2 fully saturated rings. The van der Waals surface area contributed by atoms with Gasteiger partial charge in [-0.25, -0.2) is 9.97 Å². The number of hydrogen-bond acceptors (Lipinski definition) is 5. The van der Waals surface area contributed by atoms with Crippen LogP contribution in [0.3, 0.4) is 0 Å². The fourth-order valence-corrected chi connectivity index (χ4v) is 3.43. The summed E-state index contributed by atoms with van der Waals surface area (Å²) in [6.45, 7) is 2.30. The van der Waals surface area contributed by atoms with Gasteiger partial charge in [0.05, 0.1) is 0 Å². The van der Waals surface area contributed by atoms with E-state index in [1.807, 2.05) is 6.07 Å². The maximum absolute atomic E-state index is 11.9. The largest absolute Gasteiger partial charge is 0.348 e. The Labute approximate surface area is 142 Å². The van der Waals surface area contributed by atoms with E-state index in [4.69, 9.17) is 0 Å². The maximum Gasteiger partial charge on any atom is 0.309 e. The third-order valence-electron chi connectivity index (χ3n) is 4.90. The highest BCUT2D eigenvalue weighted by molar-refractivity contribution is 6.35. The SMILES string of the molecule is O=C(NCC1CCN(c2ncccn2)CC1)C(=O)NC1CCCC1. The zero-order valence-electron chi connectivity index (χ0n) is 13.9. The van der Waals surface area contributed by atoms with Crippen molar-refractivity contribution < 1.29 is 9.59 Å². The number of anilines is 1. The standard InChI is InChI=1S/C17H25N5O2/c23-15(16(24)21-14-4-1-2-5-14)20-12-13-6-10-22(11-7-13)17-18-8-3-9-19-17/h3,8-9,13-14H,1-2,4-7,10-12H2,(H,20,23)(H,21,24). The second-order valence-corrected chi connectivity index (χ2v) is 6.64. The molecule has 0 unspecified atom stereocenters. The van der Waals surface area contributed by atoms with Crippen LogP contribution in [0.15, 0.2) is 18.5 Å². The molecule has 1 saturated carbocycles. The van der Waals surface area contributed by atoms with Crippen LogP contribution in [-0.2, 0) is 9.59 Å². The van der Waals surface area contributed by atoms with E-state index in [2.05, 4.69) is 25.5 Å². The van der Waals surface area contributed by atoms with E-state index in [1.54, 1.807) is 12.4 Å². The molecule has 1 aromatic heterocycles. The lowest BCUT2D eigenvalue weighted by Crippen LogP contribution is -2.46. The molecular weight excluding hydrogens is 306 g/mol. The molecule has 0 atom stereocenters. The normalized spacial score (nSPS) is 19.2. The molecule has 1 aliphatic heterocycles. The van der Waals surface area contributed by atoms with E-state index >= 15 is 0 Å². The average molecular weight is 331 g/mol. The summed E-state index contributed by atoms with van der Waals surface area (Å²) >= 11 is 0. The lowest BCUT2D eigenvalue weighted by atomic mass is 9.97. The van der Waals surface area contributed by atoms with Crippen molar-refractivity contribution in [2.75, 3.05) is 24.5 Å². The summed E-state index contributed by atoms with van der Waals surface area (Å²) < 4.78 is 0. The molecule has 130 valence electrons. The molecular formula is C17H25N5O2. The number of nitrogens with one attached hydrogen (secondary N) is 2. The number of nitrogens with zero attached hydrogens (tertiary/aromatic N) is 3. The molecule has 1 saturated heterocycles. The van der Waals surface area contributed by atoms with E-state index in [1.165, 1.54) is 0 Å². The molecule has 0 aromatic carbocycles. The van der Waals surface area contributed by atoms with Crippen molar-refractivity contribution in [2.24, 2.45) is 5.92 Å². The Hall–Kier alpha value is -2.18. The number of carbonyl (C=O) groups excluding carboxylic acids is 2. The topological polar surface area (TPSA) is 87.2 Å². The van der Waals surface area contributed by atoms with Gasteiger partial charge in [0.25, 0.3) is 0 Å². The minimum Gasteiger partial charge on any atom is -0.348 e. The Morgan fingerprint density at radius 1 is 1.04 bits per heavy atom. The van der Waals surface area contributed by atoms with Crippen molar-refractivity contribution in [3.8, 4) is 0 Å². The average Bonchev–Trinajstić information content (AvgIpc) is 3.14. The van der Waals surface area contributed by atoms with Gasteiger partial charge in [-0.05, 0) is 37.7 Å². The predicted octanol–water partition coefficient (Wildman–Crippen LogP) is 0.868. The lowest BCUT2D eigenvalue weighted by Gasteiger charge is -2.31. The number of piperidine rings is 1. The summed E-state index contributed by atoms with van der Waals surface area (Å²) in [5.41, 5.74) is 0. The van der Waals surface area contributed by atoms with Crippen LogP contribution in [-0.4, -0.2) is 47.5 Å². The molecule has 0 bridgehead atoms. The van der Waals surface area contributed by atoms with Crippen LogP contribution in [0.2, 0.25) is 0 Å². The van der Waals surface area contributed by atoms with Gasteiger partial charge in [0.1, 0.15) is 0 Å². The zero-order valence-corrected chi connectivity index (χ0v) is 13.9. The summed E-state index contributed by atoms with van der Waals surface area (Å²) in [5, 5.41) is 5.60. The Morgan fingerprint density at radius 2 is 1.71 bits per heavy atom. The molecule has 0 radical (unpaired) electrons. The van der Waals surface area contributed by atoms with Crippen LogP contribution in [0.25, 0.3) is 0 Å². The maximum atomic E-state index is 11.9. The van der Waals surface area contributed by atoms with Crippen molar-refractivity contribution in [2.45, 2.75) is 44.6 Å². The molecule has 2 heterocycles. The van der Waals surface area contributed by atoms with Crippen molar-refractivity contribution >= 4 is 17.8 Å². The smallest absolute Gasteiger partial charge is 0.309 e. The van der Waals surface area contributed by atoms with Gasteiger partial charge in [-0.1, -0.05) is 12.8 Å². The van der Waals surface area contributed by atoms with Crippen molar-refractivity contribution in [1.29, 1.82) is 0 Å². The third-order valence-corrected chi connectivity index (χ3v) is 4.90. The summed E-state index contributed by atoms with van der Waals surface area (Å²) in [6, 6.07) is 1.99. The second kappa shape index (κ2) is 8.08. The van der Waals surface area contributed by atoms with Crippen LogP contribution in [0.1, 0.15) is 38.5 Å². The monoisotopic (exact) mass is 331 g/mol. The van der Waals surface area contributed by atoms with Gasteiger partial charge in [0.15, 0.2) is 0 Å². The van der Waals surface area contributed by atoms with Gasteiger partial charge in [-0.3, -0.25) is 9.59 Å². The second-order valence-electron chi connectivity index (χ2n) is 6.64. The summed E-state index contributed by atoms with van der Waals surface area (Å²) in [4.78, 5) is 34.5. The number of amides is 2. The van der Waals surface area contributed by atoms with Crippen LogP contribution in [0.4, 0.5) is 5.95 Å². The first-order valence-corrected chi connectivity index (χ1v) is 8.83. The first-order chi connectivity index (χ1) is 11.7. The van der Waals surface area contributed by atoms with E-state index in [0.717, 1.165) is 57.6 Å². The van der Waals surface area contributed by atoms with Gasteiger partial charge in [-0.2, -0.15) is 0 Å². The predicted molar refractivity (Wildman–Crippen MR) is 90.4 cm³/mol. The van der Waals surface area contributed by atoms with Gasteiger partial charge in [0.2, 0.25) is 5.95 Å². The van der Waals surface area contributed by atoms with Crippen LogP contribution in [0.5, 0.6) is 0 Å². The van der Waals surface area contributed by atoms with E-state index in [0.29, 0.717) is 12.5 Å². The zero-order chi connectivity index (χ0) is 16.8. The fourth-order valence-electron chi connectivity index (χ4n) is 3.43. The van der Waals surface area contributed by atoms with Gasteiger partial charge in [-0.15, -0.1) is 0 Å². The summed E-state index contributed by atoms with van der Waals surface area (Å²) in [5.74, 6) is 0.164. The highest BCUT2D eigenvalue weighted by Gasteiger charge is 2.24. The molecule has 3 rings (SSSR count). The van der Waals surface area contributed by atoms with Crippen molar-refractivity contribution in [3.63, 3.8) is 0 Å².